The Balaban J connectivity index is 3.18. The largest absolute Gasteiger partial charge is 0.176 e. The third-order valence-electron chi connectivity index (χ3n) is 2.08. The van der Waals surface area contributed by atoms with Crippen molar-refractivity contribution >= 4 is 25.3 Å². The van der Waals surface area contributed by atoms with Gasteiger partial charge in [0, 0.05) is 10.5 Å². The summed E-state index contributed by atoms with van der Waals surface area (Å²) in [5.74, 6) is 0. The molecular weight excluding hydrogens is 184 g/mol. The van der Waals surface area contributed by atoms with Crippen molar-refractivity contribution < 1.29 is 0 Å². The molecule has 2 unspecified atom stereocenters. The summed E-state index contributed by atoms with van der Waals surface area (Å²) in [5.41, 5.74) is 0. The fourth-order valence-electron chi connectivity index (χ4n) is 1.17. The molecule has 0 aromatic heterocycles. The van der Waals surface area contributed by atoms with E-state index in [2.05, 4.69) is 39.1 Å². The number of rotatable bonds is 7. The predicted octanol–water partition coefficient (Wildman–Crippen LogP) is 3.78. The van der Waals surface area contributed by atoms with E-state index in [-0.39, 0.29) is 0 Å². The lowest BCUT2D eigenvalue weighted by Gasteiger charge is -2.10. The lowest BCUT2D eigenvalue weighted by atomic mass is 10.1. The molecular formula is C10H21S2. The number of hydrogen-bond donors (Lipinski definition) is 2. The fourth-order valence-corrected chi connectivity index (χ4v) is 1.72. The van der Waals surface area contributed by atoms with Crippen molar-refractivity contribution in [2.24, 2.45) is 0 Å². The second-order valence-electron chi connectivity index (χ2n) is 3.29. The molecule has 0 fully saturated rings. The molecule has 73 valence electrons. The first kappa shape index (κ1) is 12.7. The van der Waals surface area contributed by atoms with Gasteiger partial charge in [-0.05, 0) is 25.7 Å². The summed E-state index contributed by atoms with van der Waals surface area (Å²) in [6.45, 7) is 6.01. The van der Waals surface area contributed by atoms with E-state index in [1.807, 2.05) is 0 Å². The topological polar surface area (TPSA) is 0 Å². The lowest BCUT2D eigenvalue weighted by molar-refractivity contribution is 0.613. The first-order chi connectivity index (χ1) is 5.70. The first-order valence-corrected chi connectivity index (χ1v) is 5.89. The van der Waals surface area contributed by atoms with E-state index in [0.717, 1.165) is 12.8 Å². The molecule has 0 nitrogen and oxygen atoms in total. The van der Waals surface area contributed by atoms with Crippen LogP contribution in [0.2, 0.25) is 0 Å². The van der Waals surface area contributed by atoms with E-state index in [1.54, 1.807) is 0 Å². The maximum Gasteiger partial charge on any atom is 0.00168 e. The van der Waals surface area contributed by atoms with Gasteiger partial charge in [0.2, 0.25) is 0 Å². The molecule has 0 bridgehead atoms. The molecule has 0 aliphatic rings. The summed E-state index contributed by atoms with van der Waals surface area (Å²) in [6.07, 6.45) is 7.04. The van der Waals surface area contributed by atoms with Crippen molar-refractivity contribution in [3.8, 4) is 0 Å². The lowest BCUT2D eigenvalue weighted by Crippen LogP contribution is -2.01. The van der Waals surface area contributed by atoms with Gasteiger partial charge in [0.15, 0.2) is 0 Å². The fraction of sp³-hybridized carbons (Fsp3) is 0.900. The normalized spacial score (nSPS) is 16.0. The van der Waals surface area contributed by atoms with E-state index >= 15 is 0 Å². The van der Waals surface area contributed by atoms with Crippen LogP contribution in [0, 0.1) is 6.92 Å². The van der Waals surface area contributed by atoms with Crippen molar-refractivity contribution in [3.63, 3.8) is 0 Å². The third-order valence-corrected chi connectivity index (χ3v) is 3.22. The molecule has 0 saturated carbocycles. The average Bonchev–Trinajstić information content (AvgIpc) is 2.04. The van der Waals surface area contributed by atoms with Crippen LogP contribution in [0.1, 0.15) is 45.4 Å². The molecule has 0 N–H and O–H groups in total. The van der Waals surface area contributed by atoms with Gasteiger partial charge in [-0.2, -0.15) is 25.3 Å². The van der Waals surface area contributed by atoms with Gasteiger partial charge in [0.1, 0.15) is 0 Å². The zero-order valence-corrected chi connectivity index (χ0v) is 9.79. The quantitative estimate of drug-likeness (QED) is 0.581. The Morgan fingerprint density at radius 2 is 1.67 bits per heavy atom. The van der Waals surface area contributed by atoms with Gasteiger partial charge >= 0.3 is 0 Å². The van der Waals surface area contributed by atoms with E-state index in [0.29, 0.717) is 10.5 Å². The van der Waals surface area contributed by atoms with Gasteiger partial charge < -0.3 is 0 Å². The highest BCUT2D eigenvalue weighted by molar-refractivity contribution is 7.81. The van der Waals surface area contributed by atoms with Crippen molar-refractivity contribution in [2.45, 2.75) is 55.9 Å². The summed E-state index contributed by atoms with van der Waals surface area (Å²) in [4.78, 5) is 0. The molecule has 0 aliphatic carbocycles. The van der Waals surface area contributed by atoms with Crippen LogP contribution in [0.15, 0.2) is 0 Å². The maximum absolute atomic E-state index is 4.48. The van der Waals surface area contributed by atoms with Crippen LogP contribution < -0.4 is 0 Å². The van der Waals surface area contributed by atoms with Crippen molar-refractivity contribution in [2.75, 3.05) is 0 Å². The Bertz CT molecular complexity index is 93.8. The molecule has 0 aromatic carbocycles. The summed E-state index contributed by atoms with van der Waals surface area (Å²) >= 11 is 8.92. The van der Waals surface area contributed by atoms with Gasteiger partial charge in [-0.25, -0.2) is 0 Å². The minimum absolute atomic E-state index is 0.555. The average molecular weight is 205 g/mol. The van der Waals surface area contributed by atoms with E-state index < -0.39 is 0 Å². The predicted molar refractivity (Wildman–Crippen MR) is 64.3 cm³/mol. The van der Waals surface area contributed by atoms with E-state index in [9.17, 15) is 0 Å². The summed E-state index contributed by atoms with van der Waals surface area (Å²) < 4.78 is 0. The third kappa shape index (κ3) is 7.35. The van der Waals surface area contributed by atoms with Crippen molar-refractivity contribution in [1.82, 2.24) is 0 Å². The van der Waals surface area contributed by atoms with Crippen molar-refractivity contribution in [1.29, 1.82) is 0 Å². The second kappa shape index (κ2) is 8.31. The van der Waals surface area contributed by atoms with Crippen molar-refractivity contribution in [3.05, 3.63) is 6.92 Å². The van der Waals surface area contributed by atoms with E-state index in [1.165, 1.54) is 25.7 Å². The molecule has 0 heterocycles. The zero-order chi connectivity index (χ0) is 9.40. The zero-order valence-electron chi connectivity index (χ0n) is 8.00. The summed E-state index contributed by atoms with van der Waals surface area (Å²) in [7, 11) is 0. The van der Waals surface area contributed by atoms with Crippen LogP contribution in [0.5, 0.6) is 0 Å². The molecule has 0 rings (SSSR count). The highest BCUT2D eigenvalue weighted by Crippen LogP contribution is 2.16. The minimum atomic E-state index is 0.555. The van der Waals surface area contributed by atoms with Gasteiger partial charge in [0.05, 0.1) is 0 Å². The van der Waals surface area contributed by atoms with Gasteiger partial charge in [-0.3, -0.25) is 0 Å². The summed E-state index contributed by atoms with van der Waals surface area (Å²) in [6, 6.07) is 0. The van der Waals surface area contributed by atoms with Crippen LogP contribution >= 0.6 is 25.3 Å². The molecule has 2 heteroatoms. The van der Waals surface area contributed by atoms with Crippen LogP contribution in [0.25, 0.3) is 0 Å². The van der Waals surface area contributed by atoms with Crippen LogP contribution in [0.3, 0.4) is 0 Å². The smallest absolute Gasteiger partial charge is 0.00168 e. The van der Waals surface area contributed by atoms with Crippen LogP contribution in [0.4, 0.5) is 0 Å². The Morgan fingerprint density at radius 3 is 2.17 bits per heavy atom. The molecule has 0 amide bonds. The van der Waals surface area contributed by atoms with Crippen LogP contribution in [-0.4, -0.2) is 10.5 Å². The maximum atomic E-state index is 4.48. The first-order valence-electron chi connectivity index (χ1n) is 4.86. The molecule has 0 spiro atoms. The van der Waals surface area contributed by atoms with E-state index in [4.69, 9.17) is 0 Å². The summed E-state index contributed by atoms with van der Waals surface area (Å²) in [5, 5.41) is 1.14. The number of hydrogen-bond acceptors (Lipinski definition) is 2. The Morgan fingerprint density at radius 1 is 1.08 bits per heavy atom. The van der Waals surface area contributed by atoms with Gasteiger partial charge in [-0.1, -0.05) is 26.7 Å². The molecule has 0 aliphatic heterocycles. The molecule has 1 radical (unpaired) electrons. The standard InChI is InChI=1S/C10H21S2/c1-3-6-10(12)8-5-7-9(11)4-2/h9-12H,1,3-8H2,2H3. The number of thiol groups is 2. The molecule has 12 heavy (non-hydrogen) atoms. The van der Waals surface area contributed by atoms with Gasteiger partial charge in [-0.15, -0.1) is 0 Å². The highest BCUT2D eigenvalue weighted by Gasteiger charge is 2.03. The Hall–Kier alpha value is 0.700. The SMILES string of the molecule is [CH2]CCC(S)CCCC(S)CC. The minimum Gasteiger partial charge on any atom is -0.176 e. The molecule has 0 aromatic rings. The van der Waals surface area contributed by atoms with Crippen LogP contribution in [-0.2, 0) is 0 Å². The Kier molecular flexibility index (Phi) is 8.79. The Labute approximate surface area is 88.3 Å². The van der Waals surface area contributed by atoms with Gasteiger partial charge in [0.25, 0.3) is 0 Å². The molecule has 2 atom stereocenters. The second-order valence-corrected chi connectivity index (χ2v) is 4.75. The highest BCUT2D eigenvalue weighted by atomic mass is 32.1. The monoisotopic (exact) mass is 205 g/mol. The molecule has 0 saturated heterocycles.